The Hall–Kier alpha value is -1.32. The van der Waals surface area contributed by atoms with E-state index in [9.17, 15) is 0 Å². The van der Waals surface area contributed by atoms with Crippen LogP contribution in [0.15, 0.2) is 6.33 Å². The minimum atomic E-state index is 0.544. The fourth-order valence-corrected chi connectivity index (χ4v) is 1.54. The number of nitrogens with two attached hydrogens (primary N) is 1. The summed E-state index contributed by atoms with van der Waals surface area (Å²) in [4.78, 5) is 8.13. The van der Waals surface area contributed by atoms with Crippen molar-refractivity contribution in [1.82, 2.24) is 9.97 Å². The molecule has 2 N–H and O–H groups in total. The van der Waals surface area contributed by atoms with Gasteiger partial charge in [0.25, 0.3) is 0 Å². The minimum absolute atomic E-state index is 0.544. The molecule has 0 atom stereocenters. The van der Waals surface area contributed by atoms with Crippen LogP contribution >= 0.6 is 0 Å². The molecule has 0 amide bonds. The Morgan fingerprint density at radius 1 is 1.19 bits per heavy atom. The van der Waals surface area contributed by atoms with Crippen molar-refractivity contribution in [3.05, 3.63) is 11.9 Å². The number of rotatable bonds is 7. The smallest absolute Gasteiger partial charge is 0.221 e. The van der Waals surface area contributed by atoms with E-state index >= 15 is 0 Å². The molecule has 0 aromatic carbocycles. The lowest BCUT2D eigenvalue weighted by Crippen LogP contribution is -2.06. The van der Waals surface area contributed by atoms with Crippen LogP contribution in [0.1, 0.15) is 45.1 Å². The molecule has 0 fully saturated rings. The molecule has 1 heterocycles. The van der Waals surface area contributed by atoms with E-state index in [0.29, 0.717) is 18.3 Å². The van der Waals surface area contributed by atoms with Gasteiger partial charge in [0.1, 0.15) is 12.1 Å². The Morgan fingerprint density at radius 3 is 2.69 bits per heavy atom. The lowest BCUT2D eigenvalue weighted by molar-refractivity contribution is 0.291. The normalized spacial score (nSPS) is 10.4. The standard InChI is InChI=1S/C12H21N3O/c1-3-5-6-8-16-12-10(7-4-2)11(13)14-9-15-12/h9H,3-8H2,1-2H3,(H2,13,14,15). The molecular weight excluding hydrogens is 202 g/mol. The first kappa shape index (κ1) is 12.7. The van der Waals surface area contributed by atoms with E-state index in [-0.39, 0.29) is 0 Å². The molecule has 1 rings (SSSR count). The molecule has 0 spiro atoms. The zero-order valence-electron chi connectivity index (χ0n) is 10.2. The predicted molar refractivity (Wildman–Crippen MR) is 65.5 cm³/mol. The summed E-state index contributed by atoms with van der Waals surface area (Å²) in [7, 11) is 0. The highest BCUT2D eigenvalue weighted by Crippen LogP contribution is 2.21. The zero-order valence-corrected chi connectivity index (χ0v) is 10.2. The van der Waals surface area contributed by atoms with Crippen molar-refractivity contribution in [2.24, 2.45) is 0 Å². The van der Waals surface area contributed by atoms with E-state index in [2.05, 4.69) is 23.8 Å². The van der Waals surface area contributed by atoms with E-state index in [1.54, 1.807) is 0 Å². The van der Waals surface area contributed by atoms with Gasteiger partial charge < -0.3 is 10.5 Å². The van der Waals surface area contributed by atoms with Gasteiger partial charge in [-0.15, -0.1) is 0 Å². The monoisotopic (exact) mass is 223 g/mol. The molecular formula is C12H21N3O. The molecule has 0 aliphatic carbocycles. The number of hydrogen-bond acceptors (Lipinski definition) is 4. The molecule has 0 aliphatic rings. The number of hydrogen-bond donors (Lipinski definition) is 1. The molecule has 0 saturated heterocycles. The van der Waals surface area contributed by atoms with Crippen molar-refractivity contribution < 1.29 is 4.74 Å². The number of aromatic nitrogens is 2. The molecule has 0 saturated carbocycles. The number of nitrogen functional groups attached to an aromatic ring is 1. The molecule has 0 unspecified atom stereocenters. The van der Waals surface area contributed by atoms with Crippen LogP contribution < -0.4 is 10.5 Å². The maximum Gasteiger partial charge on any atom is 0.221 e. The van der Waals surface area contributed by atoms with Crippen LogP contribution in [0.5, 0.6) is 5.88 Å². The molecule has 0 aliphatic heterocycles. The number of nitrogens with zero attached hydrogens (tertiary/aromatic N) is 2. The van der Waals surface area contributed by atoms with Crippen LogP contribution in [0.25, 0.3) is 0 Å². The Bertz CT molecular complexity index is 315. The van der Waals surface area contributed by atoms with Crippen LogP contribution in [0.3, 0.4) is 0 Å². The van der Waals surface area contributed by atoms with Gasteiger partial charge in [-0.2, -0.15) is 0 Å². The van der Waals surface area contributed by atoms with Crippen molar-refractivity contribution in [3.8, 4) is 5.88 Å². The fourth-order valence-electron chi connectivity index (χ4n) is 1.54. The summed E-state index contributed by atoms with van der Waals surface area (Å²) < 4.78 is 5.64. The van der Waals surface area contributed by atoms with Gasteiger partial charge in [-0.05, 0) is 12.8 Å². The molecule has 0 bridgehead atoms. The third-order valence-corrected chi connectivity index (χ3v) is 2.43. The summed E-state index contributed by atoms with van der Waals surface area (Å²) in [5.41, 5.74) is 6.75. The SMILES string of the molecule is CCCCCOc1ncnc(N)c1CCC. The average Bonchev–Trinajstić information content (AvgIpc) is 2.29. The van der Waals surface area contributed by atoms with Gasteiger partial charge in [-0.3, -0.25) is 0 Å². The molecule has 90 valence electrons. The summed E-state index contributed by atoms with van der Waals surface area (Å²) in [6.07, 6.45) is 6.79. The predicted octanol–water partition coefficient (Wildman–Crippen LogP) is 2.58. The zero-order chi connectivity index (χ0) is 11.8. The second kappa shape index (κ2) is 7.04. The maximum atomic E-state index is 5.81. The summed E-state index contributed by atoms with van der Waals surface area (Å²) >= 11 is 0. The van der Waals surface area contributed by atoms with Crippen LogP contribution in [0.2, 0.25) is 0 Å². The summed E-state index contributed by atoms with van der Waals surface area (Å²) in [6.45, 7) is 4.99. The third-order valence-electron chi connectivity index (χ3n) is 2.43. The van der Waals surface area contributed by atoms with Gasteiger partial charge >= 0.3 is 0 Å². The van der Waals surface area contributed by atoms with Gasteiger partial charge in [0.15, 0.2) is 0 Å². The van der Waals surface area contributed by atoms with E-state index in [1.807, 2.05) is 0 Å². The quantitative estimate of drug-likeness (QED) is 0.722. The largest absolute Gasteiger partial charge is 0.477 e. The Kier molecular flexibility index (Phi) is 5.61. The van der Waals surface area contributed by atoms with Gasteiger partial charge in [-0.25, -0.2) is 9.97 Å². The second-order valence-corrected chi connectivity index (χ2v) is 3.85. The van der Waals surface area contributed by atoms with Gasteiger partial charge in [0.05, 0.1) is 12.2 Å². The lowest BCUT2D eigenvalue weighted by Gasteiger charge is -2.10. The van der Waals surface area contributed by atoms with E-state index in [1.165, 1.54) is 19.2 Å². The first-order chi connectivity index (χ1) is 7.79. The van der Waals surface area contributed by atoms with Gasteiger partial charge in [0, 0.05) is 0 Å². The summed E-state index contributed by atoms with van der Waals surface area (Å²) in [5, 5.41) is 0. The minimum Gasteiger partial charge on any atom is -0.477 e. The van der Waals surface area contributed by atoms with E-state index in [4.69, 9.17) is 10.5 Å². The van der Waals surface area contributed by atoms with Crippen LogP contribution in [0.4, 0.5) is 5.82 Å². The molecule has 16 heavy (non-hydrogen) atoms. The Balaban J connectivity index is 2.59. The number of anilines is 1. The van der Waals surface area contributed by atoms with Crippen LogP contribution in [-0.2, 0) is 6.42 Å². The van der Waals surface area contributed by atoms with Crippen molar-refractivity contribution in [2.75, 3.05) is 12.3 Å². The summed E-state index contributed by atoms with van der Waals surface area (Å²) in [6, 6.07) is 0. The molecule has 4 heteroatoms. The van der Waals surface area contributed by atoms with Crippen molar-refractivity contribution in [1.29, 1.82) is 0 Å². The van der Waals surface area contributed by atoms with E-state index < -0.39 is 0 Å². The van der Waals surface area contributed by atoms with E-state index in [0.717, 1.165) is 24.8 Å². The molecule has 4 nitrogen and oxygen atoms in total. The first-order valence-electron chi connectivity index (χ1n) is 6.01. The number of unbranched alkanes of at least 4 members (excludes halogenated alkanes) is 2. The fraction of sp³-hybridized carbons (Fsp3) is 0.667. The second-order valence-electron chi connectivity index (χ2n) is 3.85. The Morgan fingerprint density at radius 2 is 2.00 bits per heavy atom. The highest BCUT2D eigenvalue weighted by Gasteiger charge is 2.09. The van der Waals surface area contributed by atoms with Gasteiger partial charge in [-0.1, -0.05) is 33.1 Å². The number of ether oxygens (including phenoxy) is 1. The molecule has 1 aromatic heterocycles. The summed E-state index contributed by atoms with van der Waals surface area (Å²) in [5.74, 6) is 1.20. The van der Waals surface area contributed by atoms with Crippen LogP contribution in [0, 0.1) is 0 Å². The van der Waals surface area contributed by atoms with Gasteiger partial charge in [0.2, 0.25) is 5.88 Å². The lowest BCUT2D eigenvalue weighted by atomic mass is 10.2. The van der Waals surface area contributed by atoms with Crippen LogP contribution in [-0.4, -0.2) is 16.6 Å². The first-order valence-corrected chi connectivity index (χ1v) is 6.01. The average molecular weight is 223 g/mol. The van der Waals surface area contributed by atoms with Crippen molar-refractivity contribution >= 4 is 5.82 Å². The third kappa shape index (κ3) is 3.68. The molecule has 1 aromatic rings. The topological polar surface area (TPSA) is 61.0 Å². The Labute approximate surface area is 97.2 Å². The van der Waals surface area contributed by atoms with Crippen molar-refractivity contribution in [2.45, 2.75) is 46.0 Å². The highest BCUT2D eigenvalue weighted by molar-refractivity contribution is 5.44. The van der Waals surface area contributed by atoms with Crippen molar-refractivity contribution in [3.63, 3.8) is 0 Å². The molecule has 0 radical (unpaired) electrons. The highest BCUT2D eigenvalue weighted by atomic mass is 16.5. The maximum absolute atomic E-state index is 5.81.